The maximum Gasteiger partial charge on any atom is 0.255 e. The molecule has 6 nitrogen and oxygen atoms in total. The fourth-order valence-corrected chi connectivity index (χ4v) is 1.87. The highest BCUT2D eigenvalue weighted by Gasteiger charge is 2.35. The Balaban J connectivity index is 2.41. The largest absolute Gasteiger partial charge is 0.375 e. The van der Waals surface area contributed by atoms with Crippen molar-refractivity contribution in [2.75, 3.05) is 19.8 Å². The Morgan fingerprint density at radius 2 is 1.61 bits per heavy atom. The van der Waals surface area contributed by atoms with Crippen LogP contribution in [0.1, 0.15) is 13.8 Å². The van der Waals surface area contributed by atoms with E-state index in [1.165, 1.54) is 0 Å². The van der Waals surface area contributed by atoms with Crippen LogP contribution >= 0.6 is 0 Å². The molecule has 0 aromatic carbocycles. The molecule has 0 aliphatic rings. The van der Waals surface area contributed by atoms with Gasteiger partial charge in [0.2, 0.25) is 0 Å². The molecule has 0 fully saturated rings. The molecule has 0 saturated heterocycles. The SMILES string of the molecule is CCOCC(OCC)(n1ccnc1)n1ccnc1. The summed E-state index contributed by atoms with van der Waals surface area (Å²) in [5.41, 5.74) is 0. The van der Waals surface area contributed by atoms with Gasteiger partial charge in [0.15, 0.2) is 0 Å². The van der Waals surface area contributed by atoms with Crippen molar-refractivity contribution in [3.8, 4) is 0 Å². The molecule has 0 atom stereocenters. The first-order valence-corrected chi connectivity index (χ1v) is 6.02. The van der Waals surface area contributed by atoms with Crippen molar-refractivity contribution in [1.82, 2.24) is 19.1 Å². The van der Waals surface area contributed by atoms with E-state index in [-0.39, 0.29) is 0 Å². The molecule has 18 heavy (non-hydrogen) atoms. The number of ether oxygens (including phenoxy) is 2. The Kier molecular flexibility index (Phi) is 4.11. The van der Waals surface area contributed by atoms with E-state index in [1.54, 1.807) is 25.0 Å². The lowest BCUT2D eigenvalue weighted by molar-refractivity contribution is -0.167. The molecule has 0 spiro atoms. The Morgan fingerprint density at radius 1 is 1.00 bits per heavy atom. The minimum atomic E-state index is -0.766. The first-order valence-electron chi connectivity index (χ1n) is 6.02. The van der Waals surface area contributed by atoms with Crippen LogP contribution in [0.5, 0.6) is 0 Å². The quantitative estimate of drug-likeness (QED) is 0.743. The third kappa shape index (κ3) is 2.30. The van der Waals surface area contributed by atoms with E-state index in [2.05, 4.69) is 9.97 Å². The number of nitrogens with zero attached hydrogens (tertiary/aromatic N) is 4. The van der Waals surface area contributed by atoms with Gasteiger partial charge in [-0.25, -0.2) is 9.97 Å². The number of hydrogen-bond donors (Lipinski definition) is 0. The zero-order valence-electron chi connectivity index (χ0n) is 10.7. The van der Waals surface area contributed by atoms with Gasteiger partial charge in [-0.3, -0.25) is 9.13 Å². The van der Waals surface area contributed by atoms with Crippen molar-refractivity contribution in [1.29, 1.82) is 0 Å². The van der Waals surface area contributed by atoms with Gasteiger partial charge in [-0.2, -0.15) is 0 Å². The number of rotatable bonds is 7. The van der Waals surface area contributed by atoms with Crippen LogP contribution in [0.25, 0.3) is 0 Å². The van der Waals surface area contributed by atoms with E-state index in [4.69, 9.17) is 9.47 Å². The van der Waals surface area contributed by atoms with Crippen LogP contribution in [-0.2, 0) is 15.3 Å². The molecule has 2 aromatic heterocycles. The predicted molar refractivity (Wildman–Crippen MR) is 65.9 cm³/mol. The molecule has 98 valence electrons. The van der Waals surface area contributed by atoms with Crippen LogP contribution in [0.15, 0.2) is 37.4 Å². The molecule has 0 bridgehead atoms. The van der Waals surface area contributed by atoms with E-state index in [9.17, 15) is 0 Å². The minimum Gasteiger partial charge on any atom is -0.375 e. The van der Waals surface area contributed by atoms with E-state index in [1.807, 2.05) is 35.4 Å². The van der Waals surface area contributed by atoms with Gasteiger partial charge in [-0.1, -0.05) is 0 Å². The van der Waals surface area contributed by atoms with Crippen molar-refractivity contribution in [2.24, 2.45) is 0 Å². The molecule has 0 unspecified atom stereocenters. The van der Waals surface area contributed by atoms with Crippen LogP contribution in [0.3, 0.4) is 0 Å². The predicted octanol–water partition coefficient (Wildman–Crippen LogP) is 1.31. The first-order chi connectivity index (χ1) is 8.83. The lowest BCUT2D eigenvalue weighted by atomic mass is 10.4. The molecule has 6 heteroatoms. The van der Waals surface area contributed by atoms with Gasteiger partial charge in [-0.15, -0.1) is 0 Å². The van der Waals surface area contributed by atoms with Gasteiger partial charge in [0, 0.05) is 38.0 Å². The standard InChI is InChI=1S/C12H18N4O2/c1-3-17-9-12(18-4-2,15-7-5-13-10-15)16-8-6-14-11-16/h5-8,10-11H,3-4,9H2,1-2H3. The Labute approximate surface area is 106 Å². The Morgan fingerprint density at radius 3 is 2.00 bits per heavy atom. The molecule has 0 N–H and O–H groups in total. The molecular weight excluding hydrogens is 232 g/mol. The van der Waals surface area contributed by atoms with Crippen molar-refractivity contribution in [3.05, 3.63) is 37.4 Å². The van der Waals surface area contributed by atoms with Gasteiger partial charge < -0.3 is 9.47 Å². The van der Waals surface area contributed by atoms with Crippen molar-refractivity contribution < 1.29 is 9.47 Å². The summed E-state index contributed by atoms with van der Waals surface area (Å²) in [6.45, 7) is 5.48. The lowest BCUT2D eigenvalue weighted by Gasteiger charge is -2.35. The zero-order valence-corrected chi connectivity index (χ0v) is 10.7. The van der Waals surface area contributed by atoms with Crippen molar-refractivity contribution in [3.63, 3.8) is 0 Å². The van der Waals surface area contributed by atoms with Gasteiger partial charge in [0.25, 0.3) is 5.85 Å². The van der Waals surface area contributed by atoms with Crippen molar-refractivity contribution in [2.45, 2.75) is 19.7 Å². The van der Waals surface area contributed by atoms with E-state index in [0.29, 0.717) is 19.8 Å². The summed E-state index contributed by atoms with van der Waals surface area (Å²) in [5.74, 6) is -0.766. The third-order valence-corrected chi connectivity index (χ3v) is 2.69. The lowest BCUT2D eigenvalue weighted by Crippen LogP contribution is -2.47. The second-order valence-electron chi connectivity index (χ2n) is 3.75. The fraction of sp³-hybridized carbons (Fsp3) is 0.500. The summed E-state index contributed by atoms with van der Waals surface area (Å²) in [7, 11) is 0. The normalized spacial score (nSPS) is 11.9. The Bertz CT molecular complexity index is 404. The minimum absolute atomic E-state index is 0.393. The maximum atomic E-state index is 5.94. The van der Waals surface area contributed by atoms with Crippen LogP contribution in [0, 0.1) is 0 Å². The molecule has 2 aromatic rings. The van der Waals surface area contributed by atoms with Crippen LogP contribution in [-0.4, -0.2) is 38.9 Å². The summed E-state index contributed by atoms with van der Waals surface area (Å²) >= 11 is 0. The van der Waals surface area contributed by atoms with E-state index < -0.39 is 5.85 Å². The van der Waals surface area contributed by atoms with Gasteiger partial charge in [-0.05, 0) is 13.8 Å². The molecule has 0 amide bonds. The third-order valence-electron chi connectivity index (χ3n) is 2.69. The molecular formula is C12H18N4O2. The number of imidazole rings is 2. The smallest absolute Gasteiger partial charge is 0.255 e. The van der Waals surface area contributed by atoms with Gasteiger partial charge >= 0.3 is 0 Å². The average molecular weight is 250 g/mol. The van der Waals surface area contributed by atoms with Crippen LogP contribution in [0.4, 0.5) is 0 Å². The summed E-state index contributed by atoms with van der Waals surface area (Å²) in [5, 5.41) is 0. The monoisotopic (exact) mass is 250 g/mol. The molecule has 2 rings (SSSR count). The van der Waals surface area contributed by atoms with E-state index in [0.717, 1.165) is 0 Å². The van der Waals surface area contributed by atoms with Gasteiger partial charge in [0.1, 0.15) is 6.61 Å². The highest BCUT2D eigenvalue weighted by molar-refractivity contribution is 4.91. The molecule has 0 aliphatic heterocycles. The topological polar surface area (TPSA) is 54.1 Å². The zero-order chi connectivity index (χ0) is 12.8. The second-order valence-corrected chi connectivity index (χ2v) is 3.75. The van der Waals surface area contributed by atoms with Crippen molar-refractivity contribution >= 4 is 0 Å². The summed E-state index contributed by atoms with van der Waals surface area (Å²) in [4.78, 5) is 8.16. The fourth-order valence-electron chi connectivity index (χ4n) is 1.87. The summed E-state index contributed by atoms with van der Waals surface area (Å²) in [6.07, 6.45) is 10.6. The highest BCUT2D eigenvalue weighted by Crippen LogP contribution is 2.21. The maximum absolute atomic E-state index is 5.94. The molecule has 2 heterocycles. The first kappa shape index (κ1) is 12.8. The average Bonchev–Trinajstić information content (AvgIpc) is 3.06. The van der Waals surface area contributed by atoms with Gasteiger partial charge in [0.05, 0.1) is 12.7 Å². The molecule has 0 saturated carbocycles. The Hall–Kier alpha value is -1.66. The summed E-state index contributed by atoms with van der Waals surface area (Å²) in [6, 6.07) is 0. The summed E-state index contributed by atoms with van der Waals surface area (Å²) < 4.78 is 15.3. The molecule has 0 aliphatic carbocycles. The molecule has 0 radical (unpaired) electrons. The van der Waals surface area contributed by atoms with Crippen LogP contribution < -0.4 is 0 Å². The number of hydrogen-bond acceptors (Lipinski definition) is 4. The highest BCUT2D eigenvalue weighted by atomic mass is 16.6. The van der Waals surface area contributed by atoms with Crippen LogP contribution in [0.2, 0.25) is 0 Å². The van der Waals surface area contributed by atoms with E-state index >= 15 is 0 Å². The second kappa shape index (κ2) is 5.79. The number of aromatic nitrogens is 4.